The lowest BCUT2D eigenvalue weighted by Gasteiger charge is -2.19. The number of benzene rings is 1. The van der Waals surface area contributed by atoms with Crippen LogP contribution in [0.15, 0.2) is 18.2 Å². The summed E-state index contributed by atoms with van der Waals surface area (Å²) in [4.78, 5) is 2.13. The van der Waals surface area contributed by atoms with Gasteiger partial charge in [0.1, 0.15) is 0 Å². The zero-order valence-electron chi connectivity index (χ0n) is 10.1. The van der Waals surface area contributed by atoms with Crippen molar-refractivity contribution in [3.8, 4) is 0 Å². The third-order valence-corrected chi connectivity index (χ3v) is 4.97. The largest absolute Gasteiger partial charge is 0.399 e. The van der Waals surface area contributed by atoms with Gasteiger partial charge in [0.2, 0.25) is 0 Å². The fraction of sp³-hybridized carbons (Fsp3) is 0.500. The van der Waals surface area contributed by atoms with E-state index in [0.29, 0.717) is 36.0 Å². The minimum absolute atomic E-state index is 0.239. The molecule has 0 aromatic heterocycles. The Kier molecular flexibility index (Phi) is 4.14. The van der Waals surface area contributed by atoms with Crippen LogP contribution < -0.4 is 5.73 Å². The molecule has 1 aliphatic rings. The Hall–Kier alpha value is -0.780. The van der Waals surface area contributed by atoms with Crippen LogP contribution in [0.5, 0.6) is 0 Å². The Morgan fingerprint density at radius 1 is 1.22 bits per heavy atom. The van der Waals surface area contributed by atoms with E-state index in [9.17, 15) is 8.42 Å². The second-order valence-electron chi connectivity index (χ2n) is 4.67. The van der Waals surface area contributed by atoms with Crippen molar-refractivity contribution < 1.29 is 8.42 Å². The smallest absolute Gasteiger partial charge is 0.151 e. The van der Waals surface area contributed by atoms with E-state index in [1.165, 1.54) is 0 Å². The van der Waals surface area contributed by atoms with Crippen molar-refractivity contribution in [1.82, 2.24) is 4.90 Å². The van der Waals surface area contributed by atoms with Crippen molar-refractivity contribution >= 4 is 27.1 Å². The molecule has 1 saturated heterocycles. The number of nitrogens with zero attached hydrogens (tertiary/aromatic N) is 1. The molecule has 0 atom stereocenters. The van der Waals surface area contributed by atoms with E-state index in [1.54, 1.807) is 6.07 Å². The van der Waals surface area contributed by atoms with Crippen molar-refractivity contribution in [2.75, 3.05) is 30.3 Å². The van der Waals surface area contributed by atoms with Crippen LogP contribution in [0, 0.1) is 0 Å². The molecule has 2 N–H and O–H groups in total. The van der Waals surface area contributed by atoms with Gasteiger partial charge in [0, 0.05) is 23.8 Å². The van der Waals surface area contributed by atoms with E-state index in [1.807, 2.05) is 12.1 Å². The van der Waals surface area contributed by atoms with Crippen LogP contribution in [-0.2, 0) is 16.4 Å². The molecule has 18 heavy (non-hydrogen) atoms. The van der Waals surface area contributed by atoms with Crippen LogP contribution in [0.1, 0.15) is 12.0 Å². The van der Waals surface area contributed by atoms with Crippen molar-refractivity contribution in [2.24, 2.45) is 0 Å². The quantitative estimate of drug-likeness (QED) is 0.839. The maximum absolute atomic E-state index is 11.5. The molecule has 6 heteroatoms. The first-order chi connectivity index (χ1) is 8.44. The summed E-state index contributed by atoms with van der Waals surface area (Å²) in [6.07, 6.45) is 0.693. The molecule has 1 fully saturated rings. The molecule has 0 saturated carbocycles. The lowest BCUT2D eigenvalue weighted by Crippen LogP contribution is -2.26. The predicted octanol–water partition coefficient (Wildman–Crippen LogP) is 1.54. The van der Waals surface area contributed by atoms with Gasteiger partial charge in [0.15, 0.2) is 9.84 Å². The van der Waals surface area contributed by atoms with Crippen LogP contribution in [0.3, 0.4) is 0 Å². The molecule has 0 aliphatic carbocycles. The van der Waals surface area contributed by atoms with Crippen LogP contribution in [0.25, 0.3) is 0 Å². The highest BCUT2D eigenvalue weighted by atomic mass is 35.5. The highest BCUT2D eigenvalue weighted by Gasteiger charge is 2.19. The summed E-state index contributed by atoms with van der Waals surface area (Å²) in [6.45, 7) is 2.07. The Labute approximate surface area is 113 Å². The zero-order valence-corrected chi connectivity index (χ0v) is 11.7. The highest BCUT2D eigenvalue weighted by Crippen LogP contribution is 2.18. The van der Waals surface area contributed by atoms with Crippen molar-refractivity contribution in [2.45, 2.75) is 13.0 Å². The van der Waals surface area contributed by atoms with Crippen molar-refractivity contribution in [3.05, 3.63) is 28.8 Å². The minimum Gasteiger partial charge on any atom is -0.399 e. The molecule has 0 amide bonds. The molecule has 4 nitrogen and oxygen atoms in total. The van der Waals surface area contributed by atoms with Gasteiger partial charge in [-0.2, -0.15) is 0 Å². The molecule has 0 bridgehead atoms. The summed E-state index contributed by atoms with van der Waals surface area (Å²) in [5.74, 6) is 0.532. The molecule has 0 unspecified atom stereocenters. The Morgan fingerprint density at radius 3 is 2.72 bits per heavy atom. The maximum Gasteiger partial charge on any atom is 0.151 e. The molecule has 0 spiro atoms. The van der Waals surface area contributed by atoms with E-state index >= 15 is 0 Å². The van der Waals surface area contributed by atoms with Crippen LogP contribution in [0.2, 0.25) is 5.02 Å². The van der Waals surface area contributed by atoms with Gasteiger partial charge in [-0.15, -0.1) is 0 Å². The number of nitrogen functional groups attached to an aromatic ring is 1. The number of anilines is 1. The molecular formula is C12H17ClN2O2S. The fourth-order valence-electron chi connectivity index (χ4n) is 2.17. The van der Waals surface area contributed by atoms with Crippen molar-refractivity contribution in [3.63, 3.8) is 0 Å². The lowest BCUT2D eigenvalue weighted by atomic mass is 10.2. The topological polar surface area (TPSA) is 63.4 Å². The van der Waals surface area contributed by atoms with Crippen LogP contribution >= 0.6 is 11.6 Å². The molecule has 1 aromatic rings. The summed E-state index contributed by atoms with van der Waals surface area (Å²) in [6, 6.07) is 5.46. The highest BCUT2D eigenvalue weighted by molar-refractivity contribution is 7.91. The normalized spacial score (nSPS) is 20.5. The molecule has 1 heterocycles. The number of rotatable bonds is 2. The summed E-state index contributed by atoms with van der Waals surface area (Å²) in [5, 5.41) is 0.618. The average molecular weight is 289 g/mol. The third-order valence-electron chi connectivity index (χ3n) is 3.03. The van der Waals surface area contributed by atoms with Gasteiger partial charge in [-0.25, -0.2) is 8.42 Å². The first-order valence-corrected chi connectivity index (χ1v) is 8.12. The maximum atomic E-state index is 11.5. The van der Waals surface area contributed by atoms with Gasteiger partial charge >= 0.3 is 0 Å². The summed E-state index contributed by atoms with van der Waals surface area (Å²) in [7, 11) is -2.85. The molecule has 2 rings (SSSR count). The molecule has 1 aliphatic heterocycles. The number of halogens is 1. The zero-order chi connectivity index (χ0) is 13.2. The lowest BCUT2D eigenvalue weighted by molar-refractivity contribution is 0.287. The molecular weight excluding hydrogens is 272 g/mol. The standard InChI is InChI=1S/C12H17ClN2O2S/c13-11-6-10(7-12(14)8-11)9-15-2-1-4-18(16,17)5-3-15/h6-8H,1-5,9,14H2. The van der Waals surface area contributed by atoms with Gasteiger partial charge in [0.05, 0.1) is 11.5 Å². The Balaban J connectivity index is 2.05. The number of hydrogen-bond acceptors (Lipinski definition) is 4. The summed E-state index contributed by atoms with van der Waals surface area (Å²) < 4.78 is 23.0. The SMILES string of the molecule is Nc1cc(Cl)cc(CN2CCCS(=O)(=O)CC2)c1. The predicted molar refractivity (Wildman–Crippen MR) is 74.4 cm³/mol. The van der Waals surface area contributed by atoms with Crippen LogP contribution in [0.4, 0.5) is 5.69 Å². The van der Waals surface area contributed by atoms with E-state index < -0.39 is 9.84 Å². The minimum atomic E-state index is -2.85. The molecule has 1 aromatic carbocycles. The first kappa shape index (κ1) is 13.6. The van der Waals surface area contributed by atoms with E-state index in [2.05, 4.69) is 4.90 Å². The van der Waals surface area contributed by atoms with E-state index in [4.69, 9.17) is 17.3 Å². The second kappa shape index (κ2) is 5.47. The Bertz CT molecular complexity index is 511. The summed E-state index contributed by atoms with van der Waals surface area (Å²) >= 11 is 5.95. The van der Waals surface area contributed by atoms with Gasteiger partial charge in [0.25, 0.3) is 0 Å². The van der Waals surface area contributed by atoms with Crippen molar-refractivity contribution in [1.29, 1.82) is 0 Å². The average Bonchev–Trinajstić information content (AvgIpc) is 2.39. The monoisotopic (exact) mass is 288 g/mol. The van der Waals surface area contributed by atoms with Gasteiger partial charge in [-0.05, 0) is 36.7 Å². The molecule has 0 radical (unpaired) electrons. The van der Waals surface area contributed by atoms with Crippen LogP contribution in [-0.4, -0.2) is 37.9 Å². The number of hydrogen-bond donors (Lipinski definition) is 1. The first-order valence-electron chi connectivity index (χ1n) is 5.92. The third kappa shape index (κ3) is 3.86. The molecule has 100 valence electrons. The second-order valence-corrected chi connectivity index (χ2v) is 7.41. The van der Waals surface area contributed by atoms with Gasteiger partial charge in [-0.1, -0.05) is 11.6 Å². The van der Waals surface area contributed by atoms with Gasteiger partial charge in [-0.3, -0.25) is 4.90 Å². The van der Waals surface area contributed by atoms with E-state index in [-0.39, 0.29) is 5.75 Å². The fourth-order valence-corrected chi connectivity index (χ4v) is 3.75. The number of sulfone groups is 1. The number of nitrogens with two attached hydrogens (primary N) is 1. The van der Waals surface area contributed by atoms with Gasteiger partial charge < -0.3 is 5.73 Å². The summed E-state index contributed by atoms with van der Waals surface area (Å²) in [5.41, 5.74) is 7.41. The van der Waals surface area contributed by atoms with E-state index in [0.717, 1.165) is 12.1 Å². The Morgan fingerprint density at radius 2 is 2.00 bits per heavy atom.